The summed E-state index contributed by atoms with van der Waals surface area (Å²) in [7, 11) is 0. The number of hydrogen-bond donors (Lipinski definition) is 0. The summed E-state index contributed by atoms with van der Waals surface area (Å²) in [6.45, 7) is 7.12. The minimum Gasteiger partial charge on any atom is -0.339 e. The van der Waals surface area contributed by atoms with Crippen LogP contribution in [0.25, 0.3) is 11.5 Å². The smallest absolute Gasteiger partial charge is 0.257 e. The van der Waals surface area contributed by atoms with Crippen molar-refractivity contribution in [2.75, 3.05) is 13.1 Å². The Morgan fingerprint density at radius 1 is 1.21 bits per heavy atom. The maximum absolute atomic E-state index is 12.1. The minimum atomic E-state index is 0.0401. The lowest BCUT2D eigenvalue weighted by Crippen LogP contribution is -2.30. The van der Waals surface area contributed by atoms with E-state index < -0.39 is 0 Å². The van der Waals surface area contributed by atoms with E-state index in [1.807, 2.05) is 26.0 Å². The van der Waals surface area contributed by atoms with Crippen LogP contribution in [0.15, 0.2) is 28.8 Å². The second kappa shape index (κ2) is 5.65. The molecule has 0 aliphatic rings. The Morgan fingerprint density at radius 3 is 2.32 bits per heavy atom. The molecular weight excluding hydrogens is 242 g/mol. The standard InChI is InChI=1S/C14H17N3O2/c1-4-17(5-2)14(18)12-8-6-11(7-9-12)13-15-10(3)16-19-13/h6-9H,4-5H2,1-3H3. The largest absolute Gasteiger partial charge is 0.339 e. The zero-order chi connectivity index (χ0) is 13.8. The highest BCUT2D eigenvalue weighted by atomic mass is 16.5. The molecule has 5 nitrogen and oxygen atoms in total. The van der Waals surface area contributed by atoms with Crippen molar-refractivity contribution in [2.45, 2.75) is 20.8 Å². The van der Waals surface area contributed by atoms with Crippen LogP contribution >= 0.6 is 0 Å². The summed E-state index contributed by atoms with van der Waals surface area (Å²) in [5.74, 6) is 1.11. The van der Waals surface area contributed by atoms with E-state index >= 15 is 0 Å². The van der Waals surface area contributed by atoms with Crippen molar-refractivity contribution in [1.29, 1.82) is 0 Å². The van der Waals surface area contributed by atoms with Crippen LogP contribution in [0.4, 0.5) is 0 Å². The molecule has 100 valence electrons. The SMILES string of the molecule is CCN(CC)C(=O)c1ccc(-c2nc(C)no2)cc1. The van der Waals surface area contributed by atoms with Gasteiger partial charge in [-0.3, -0.25) is 4.79 Å². The third-order valence-corrected chi connectivity index (χ3v) is 2.96. The molecule has 1 aromatic heterocycles. The van der Waals surface area contributed by atoms with Crippen molar-refractivity contribution in [3.8, 4) is 11.5 Å². The number of carbonyl (C=O) groups is 1. The molecule has 0 N–H and O–H groups in total. The lowest BCUT2D eigenvalue weighted by molar-refractivity contribution is 0.0773. The fourth-order valence-corrected chi connectivity index (χ4v) is 1.86. The van der Waals surface area contributed by atoms with Crippen molar-refractivity contribution in [1.82, 2.24) is 15.0 Å². The number of nitrogens with zero attached hydrogens (tertiary/aromatic N) is 3. The third kappa shape index (κ3) is 2.81. The van der Waals surface area contributed by atoms with E-state index in [9.17, 15) is 4.79 Å². The maximum atomic E-state index is 12.1. The average Bonchev–Trinajstić information content (AvgIpc) is 2.87. The van der Waals surface area contributed by atoms with Gasteiger partial charge in [0, 0.05) is 24.2 Å². The molecule has 1 heterocycles. The number of rotatable bonds is 4. The quantitative estimate of drug-likeness (QED) is 0.846. The Balaban J connectivity index is 2.21. The zero-order valence-electron chi connectivity index (χ0n) is 11.4. The maximum Gasteiger partial charge on any atom is 0.257 e. The first-order chi connectivity index (χ1) is 9.15. The first-order valence-corrected chi connectivity index (χ1v) is 6.35. The zero-order valence-corrected chi connectivity index (χ0v) is 11.4. The molecule has 0 atom stereocenters. The lowest BCUT2D eigenvalue weighted by Gasteiger charge is -2.18. The van der Waals surface area contributed by atoms with Crippen molar-refractivity contribution in [3.63, 3.8) is 0 Å². The van der Waals surface area contributed by atoms with Crippen molar-refractivity contribution < 1.29 is 9.32 Å². The number of aromatic nitrogens is 2. The summed E-state index contributed by atoms with van der Waals surface area (Å²) in [6.07, 6.45) is 0. The van der Waals surface area contributed by atoms with Crippen molar-refractivity contribution in [3.05, 3.63) is 35.7 Å². The Bertz CT molecular complexity index is 556. The molecule has 0 spiro atoms. The molecule has 1 aromatic carbocycles. The van der Waals surface area contributed by atoms with E-state index in [1.54, 1.807) is 24.0 Å². The van der Waals surface area contributed by atoms with Crippen LogP contribution in [0.1, 0.15) is 30.0 Å². The van der Waals surface area contributed by atoms with Gasteiger partial charge >= 0.3 is 0 Å². The van der Waals surface area contributed by atoms with Crippen LogP contribution in [0, 0.1) is 6.92 Å². The van der Waals surface area contributed by atoms with Crippen LogP contribution in [0.2, 0.25) is 0 Å². The number of carbonyl (C=O) groups excluding carboxylic acids is 1. The van der Waals surface area contributed by atoms with Crippen molar-refractivity contribution >= 4 is 5.91 Å². The number of aryl methyl sites for hydroxylation is 1. The van der Waals surface area contributed by atoms with Gasteiger partial charge in [0.2, 0.25) is 0 Å². The van der Waals surface area contributed by atoms with Gasteiger partial charge in [-0.25, -0.2) is 0 Å². The van der Waals surface area contributed by atoms with Gasteiger partial charge in [-0.1, -0.05) is 5.16 Å². The van der Waals surface area contributed by atoms with Gasteiger partial charge in [-0.05, 0) is 45.0 Å². The predicted molar refractivity (Wildman–Crippen MR) is 71.7 cm³/mol. The van der Waals surface area contributed by atoms with Crippen LogP contribution in [-0.4, -0.2) is 34.0 Å². The first kappa shape index (κ1) is 13.3. The molecule has 1 amide bonds. The molecule has 0 radical (unpaired) electrons. The predicted octanol–water partition coefficient (Wildman–Crippen LogP) is 2.53. The average molecular weight is 259 g/mol. The summed E-state index contributed by atoms with van der Waals surface area (Å²) >= 11 is 0. The van der Waals surface area contributed by atoms with Crippen LogP contribution < -0.4 is 0 Å². The molecule has 0 saturated carbocycles. The summed E-state index contributed by atoms with van der Waals surface area (Å²) in [4.78, 5) is 18.1. The van der Waals surface area contributed by atoms with Gasteiger partial charge in [0.05, 0.1) is 0 Å². The van der Waals surface area contributed by atoms with Gasteiger partial charge in [0.25, 0.3) is 11.8 Å². The second-order valence-electron chi connectivity index (χ2n) is 4.20. The molecule has 5 heteroatoms. The molecule has 0 saturated heterocycles. The first-order valence-electron chi connectivity index (χ1n) is 6.35. The molecule has 0 aliphatic heterocycles. The molecule has 0 unspecified atom stereocenters. The van der Waals surface area contributed by atoms with E-state index in [0.717, 1.165) is 5.56 Å². The molecule has 0 fully saturated rings. The van der Waals surface area contributed by atoms with Gasteiger partial charge < -0.3 is 9.42 Å². The van der Waals surface area contributed by atoms with E-state index in [2.05, 4.69) is 10.1 Å². The Hall–Kier alpha value is -2.17. The fourth-order valence-electron chi connectivity index (χ4n) is 1.86. The van der Waals surface area contributed by atoms with E-state index in [-0.39, 0.29) is 5.91 Å². The molecular formula is C14H17N3O2. The fraction of sp³-hybridized carbons (Fsp3) is 0.357. The molecule has 19 heavy (non-hydrogen) atoms. The van der Waals surface area contributed by atoms with E-state index in [1.165, 1.54) is 0 Å². The number of benzene rings is 1. The number of hydrogen-bond acceptors (Lipinski definition) is 4. The third-order valence-electron chi connectivity index (χ3n) is 2.96. The normalized spacial score (nSPS) is 10.5. The molecule has 0 bridgehead atoms. The summed E-state index contributed by atoms with van der Waals surface area (Å²) in [6, 6.07) is 7.22. The highest BCUT2D eigenvalue weighted by molar-refractivity contribution is 5.94. The molecule has 0 aliphatic carbocycles. The van der Waals surface area contributed by atoms with Gasteiger partial charge in [0.1, 0.15) is 0 Å². The van der Waals surface area contributed by atoms with E-state index in [4.69, 9.17) is 4.52 Å². The summed E-state index contributed by atoms with van der Waals surface area (Å²) < 4.78 is 5.08. The van der Waals surface area contributed by atoms with Crippen LogP contribution in [0.3, 0.4) is 0 Å². The summed E-state index contributed by atoms with van der Waals surface area (Å²) in [5.41, 5.74) is 1.49. The Labute approximate surface area is 112 Å². The van der Waals surface area contributed by atoms with Gasteiger partial charge in [-0.15, -0.1) is 0 Å². The second-order valence-corrected chi connectivity index (χ2v) is 4.20. The number of amides is 1. The topological polar surface area (TPSA) is 59.2 Å². The monoisotopic (exact) mass is 259 g/mol. The van der Waals surface area contributed by atoms with Crippen LogP contribution in [0.5, 0.6) is 0 Å². The van der Waals surface area contributed by atoms with Crippen LogP contribution in [-0.2, 0) is 0 Å². The van der Waals surface area contributed by atoms with Gasteiger partial charge in [-0.2, -0.15) is 4.98 Å². The van der Waals surface area contributed by atoms with Gasteiger partial charge in [0.15, 0.2) is 5.82 Å². The summed E-state index contributed by atoms with van der Waals surface area (Å²) in [5, 5.41) is 3.74. The van der Waals surface area contributed by atoms with Crippen molar-refractivity contribution in [2.24, 2.45) is 0 Å². The lowest BCUT2D eigenvalue weighted by atomic mass is 10.1. The van der Waals surface area contributed by atoms with E-state index in [0.29, 0.717) is 30.4 Å². The molecule has 2 rings (SSSR count). The highest BCUT2D eigenvalue weighted by Crippen LogP contribution is 2.18. The Kier molecular flexibility index (Phi) is 3.94. The minimum absolute atomic E-state index is 0.0401. The molecule has 2 aromatic rings. The highest BCUT2D eigenvalue weighted by Gasteiger charge is 2.13. The Morgan fingerprint density at radius 2 is 1.84 bits per heavy atom.